The third-order valence-electron chi connectivity index (χ3n) is 5.01. The summed E-state index contributed by atoms with van der Waals surface area (Å²) in [5.41, 5.74) is 3.37. The maximum Gasteiger partial charge on any atom is 0.272 e. The largest absolute Gasteiger partial charge is 0.497 e. The predicted octanol–water partition coefficient (Wildman–Crippen LogP) is 3.31. The molecule has 28 heavy (non-hydrogen) atoms. The Hall–Kier alpha value is -3.12. The van der Waals surface area contributed by atoms with Crippen molar-refractivity contribution in [1.82, 2.24) is 14.7 Å². The molecule has 0 bridgehead atoms. The van der Waals surface area contributed by atoms with Crippen LogP contribution in [0.1, 0.15) is 22.2 Å². The zero-order valence-corrected chi connectivity index (χ0v) is 16.0. The maximum atomic E-state index is 13.1. The smallest absolute Gasteiger partial charge is 0.272 e. The summed E-state index contributed by atoms with van der Waals surface area (Å²) in [6.45, 7) is 1.63. The van der Waals surface area contributed by atoms with Gasteiger partial charge in [0, 0.05) is 19.2 Å². The second-order valence-electron chi connectivity index (χ2n) is 6.79. The third-order valence-corrected chi connectivity index (χ3v) is 5.01. The van der Waals surface area contributed by atoms with Gasteiger partial charge in [0.2, 0.25) is 0 Å². The van der Waals surface area contributed by atoms with Crippen LogP contribution in [0, 0.1) is 0 Å². The predicted molar refractivity (Wildman–Crippen MR) is 106 cm³/mol. The first-order valence-corrected chi connectivity index (χ1v) is 9.30. The van der Waals surface area contributed by atoms with E-state index in [-0.39, 0.29) is 12.0 Å². The van der Waals surface area contributed by atoms with Crippen LogP contribution < -0.4 is 4.74 Å². The summed E-state index contributed by atoms with van der Waals surface area (Å²) in [4.78, 5) is 15.0. The van der Waals surface area contributed by atoms with Gasteiger partial charge >= 0.3 is 0 Å². The first-order chi connectivity index (χ1) is 13.7. The molecular formula is C22H23N3O3. The van der Waals surface area contributed by atoms with E-state index in [9.17, 15) is 4.79 Å². The quantitative estimate of drug-likeness (QED) is 0.700. The molecule has 1 saturated heterocycles. The molecule has 1 fully saturated rings. The molecule has 0 unspecified atom stereocenters. The van der Waals surface area contributed by atoms with Crippen molar-refractivity contribution < 1.29 is 14.3 Å². The van der Waals surface area contributed by atoms with E-state index in [0.717, 1.165) is 22.6 Å². The van der Waals surface area contributed by atoms with E-state index >= 15 is 0 Å². The Labute approximate surface area is 164 Å². The molecule has 2 aromatic carbocycles. The van der Waals surface area contributed by atoms with Crippen molar-refractivity contribution >= 4 is 5.91 Å². The van der Waals surface area contributed by atoms with E-state index in [1.165, 1.54) is 0 Å². The average Bonchev–Trinajstić information content (AvgIpc) is 3.15. The van der Waals surface area contributed by atoms with Crippen molar-refractivity contribution in [3.8, 4) is 17.0 Å². The number of rotatable bonds is 4. The molecule has 144 valence electrons. The minimum atomic E-state index is -0.104. The highest BCUT2D eigenvalue weighted by atomic mass is 16.5. The number of amides is 1. The van der Waals surface area contributed by atoms with E-state index in [0.29, 0.717) is 25.4 Å². The fourth-order valence-electron chi connectivity index (χ4n) is 3.44. The molecule has 1 aliphatic heterocycles. The zero-order chi connectivity index (χ0) is 19.5. The number of aryl methyl sites for hydroxylation is 1. The van der Waals surface area contributed by atoms with E-state index in [2.05, 4.69) is 5.10 Å². The van der Waals surface area contributed by atoms with E-state index in [1.807, 2.05) is 65.6 Å². The summed E-state index contributed by atoms with van der Waals surface area (Å²) in [6.07, 6.45) is -0.104. The zero-order valence-electron chi connectivity index (χ0n) is 16.0. The normalized spacial score (nSPS) is 16.8. The Morgan fingerprint density at radius 1 is 1.14 bits per heavy atom. The lowest BCUT2D eigenvalue weighted by molar-refractivity contribution is -0.0231. The van der Waals surface area contributed by atoms with Crippen LogP contribution in [0.15, 0.2) is 60.7 Å². The molecule has 1 atom stereocenters. The highest BCUT2D eigenvalue weighted by molar-refractivity contribution is 5.93. The van der Waals surface area contributed by atoms with Crippen molar-refractivity contribution in [2.45, 2.75) is 6.10 Å². The van der Waals surface area contributed by atoms with Gasteiger partial charge in [-0.15, -0.1) is 0 Å². The number of hydrogen-bond donors (Lipinski definition) is 0. The van der Waals surface area contributed by atoms with Gasteiger partial charge in [0.05, 0.1) is 26.0 Å². The number of carbonyl (C=O) groups is 1. The summed E-state index contributed by atoms with van der Waals surface area (Å²) in [5, 5.41) is 4.53. The number of aromatic nitrogens is 2. The summed E-state index contributed by atoms with van der Waals surface area (Å²) in [6, 6.07) is 19.5. The van der Waals surface area contributed by atoms with Gasteiger partial charge in [-0.1, -0.05) is 30.3 Å². The molecule has 0 aliphatic carbocycles. The van der Waals surface area contributed by atoms with Gasteiger partial charge in [-0.05, 0) is 35.9 Å². The first kappa shape index (κ1) is 18.3. The minimum absolute atomic E-state index is 0.0287. The molecule has 3 aromatic rings. The van der Waals surface area contributed by atoms with Gasteiger partial charge < -0.3 is 14.4 Å². The molecule has 6 heteroatoms. The number of benzene rings is 2. The molecule has 4 rings (SSSR count). The number of nitrogens with zero attached hydrogens (tertiary/aromatic N) is 3. The van der Waals surface area contributed by atoms with E-state index < -0.39 is 0 Å². The average molecular weight is 377 g/mol. The number of carbonyl (C=O) groups excluding carboxylic acids is 1. The second kappa shape index (κ2) is 7.86. The molecule has 2 heterocycles. The van der Waals surface area contributed by atoms with Crippen molar-refractivity contribution in [3.63, 3.8) is 0 Å². The fourth-order valence-corrected chi connectivity index (χ4v) is 3.44. The summed E-state index contributed by atoms with van der Waals surface area (Å²) >= 11 is 0. The third kappa shape index (κ3) is 3.64. The Morgan fingerprint density at radius 3 is 2.61 bits per heavy atom. The van der Waals surface area contributed by atoms with Gasteiger partial charge in [0.15, 0.2) is 0 Å². The van der Waals surface area contributed by atoms with E-state index in [1.54, 1.807) is 18.8 Å². The Balaban J connectivity index is 1.53. The Morgan fingerprint density at radius 2 is 1.89 bits per heavy atom. The summed E-state index contributed by atoms with van der Waals surface area (Å²) in [7, 11) is 3.44. The molecular weight excluding hydrogens is 354 g/mol. The lowest BCUT2D eigenvalue weighted by atomic mass is 10.1. The van der Waals surface area contributed by atoms with Gasteiger partial charge in [-0.2, -0.15) is 5.10 Å². The van der Waals surface area contributed by atoms with Crippen LogP contribution in [0.25, 0.3) is 11.3 Å². The van der Waals surface area contributed by atoms with Crippen molar-refractivity contribution in [3.05, 3.63) is 71.9 Å². The molecule has 1 aliphatic rings. The van der Waals surface area contributed by atoms with Gasteiger partial charge in [0.25, 0.3) is 5.91 Å². The van der Waals surface area contributed by atoms with Crippen LogP contribution in [-0.2, 0) is 11.8 Å². The van der Waals surface area contributed by atoms with Crippen molar-refractivity contribution in [2.75, 3.05) is 26.8 Å². The summed E-state index contributed by atoms with van der Waals surface area (Å²) in [5.74, 6) is 0.759. The Bertz CT molecular complexity index is 951. The van der Waals surface area contributed by atoms with Crippen LogP contribution >= 0.6 is 0 Å². The number of ether oxygens (including phenoxy) is 2. The second-order valence-corrected chi connectivity index (χ2v) is 6.79. The lowest BCUT2D eigenvalue weighted by Gasteiger charge is -2.33. The van der Waals surface area contributed by atoms with Crippen molar-refractivity contribution in [1.29, 1.82) is 0 Å². The molecule has 0 saturated carbocycles. The van der Waals surface area contributed by atoms with Crippen LogP contribution in [-0.4, -0.2) is 47.4 Å². The number of morpholine rings is 1. The minimum Gasteiger partial charge on any atom is -0.497 e. The van der Waals surface area contributed by atoms with Crippen molar-refractivity contribution in [2.24, 2.45) is 7.05 Å². The van der Waals surface area contributed by atoms with Crippen LogP contribution in [0.4, 0.5) is 0 Å². The molecule has 0 radical (unpaired) electrons. The highest BCUT2D eigenvalue weighted by Gasteiger charge is 2.28. The number of hydrogen-bond acceptors (Lipinski definition) is 4. The topological polar surface area (TPSA) is 56.6 Å². The molecule has 1 aromatic heterocycles. The van der Waals surface area contributed by atoms with E-state index in [4.69, 9.17) is 9.47 Å². The van der Waals surface area contributed by atoms with Crippen LogP contribution in [0.3, 0.4) is 0 Å². The standard InChI is InChI=1S/C22H23N3O3/c1-24-20(14-19(23-24)16-8-10-18(27-2)11-9-16)22(26)25-12-13-28-21(15-25)17-6-4-3-5-7-17/h3-11,14,21H,12-13,15H2,1-2H3/t21-/m0/s1. The highest BCUT2D eigenvalue weighted by Crippen LogP contribution is 2.25. The van der Waals surface area contributed by atoms with Gasteiger partial charge in [-0.25, -0.2) is 0 Å². The Kier molecular flexibility index (Phi) is 5.12. The fraction of sp³-hybridized carbons (Fsp3) is 0.273. The van der Waals surface area contributed by atoms with Crippen LogP contribution in [0.5, 0.6) is 5.75 Å². The van der Waals surface area contributed by atoms with Gasteiger partial charge in [0.1, 0.15) is 17.5 Å². The molecule has 6 nitrogen and oxygen atoms in total. The maximum absolute atomic E-state index is 13.1. The molecule has 0 spiro atoms. The van der Waals surface area contributed by atoms with Crippen LogP contribution in [0.2, 0.25) is 0 Å². The first-order valence-electron chi connectivity index (χ1n) is 9.30. The lowest BCUT2D eigenvalue weighted by Crippen LogP contribution is -2.42. The molecule has 0 N–H and O–H groups in total. The molecule has 1 amide bonds. The van der Waals surface area contributed by atoms with Gasteiger partial charge in [-0.3, -0.25) is 9.48 Å². The summed E-state index contributed by atoms with van der Waals surface area (Å²) < 4.78 is 12.7. The number of methoxy groups -OCH3 is 1. The monoisotopic (exact) mass is 377 g/mol. The SMILES string of the molecule is COc1ccc(-c2cc(C(=O)N3CCO[C@H](c4ccccc4)C3)n(C)n2)cc1.